The molecule has 19 heavy (non-hydrogen) atoms. The molecular weight excluding hydrogens is 301 g/mol. The van der Waals surface area contributed by atoms with Crippen LogP contribution in [0.4, 0.5) is 13.2 Å². The van der Waals surface area contributed by atoms with E-state index in [1.165, 1.54) is 10.8 Å². The van der Waals surface area contributed by atoms with E-state index in [0.717, 1.165) is 4.90 Å². The van der Waals surface area contributed by atoms with Crippen molar-refractivity contribution in [3.05, 3.63) is 42.5 Å². The third-order valence-electron chi connectivity index (χ3n) is 2.03. The zero-order valence-electron chi connectivity index (χ0n) is 9.31. The van der Waals surface area contributed by atoms with Gasteiger partial charge in [-0.2, -0.15) is 13.2 Å². The molecule has 0 atom stereocenters. The minimum atomic E-state index is -6.09. The average molecular weight is 310 g/mol. The molecule has 104 valence electrons. The van der Waals surface area contributed by atoms with Gasteiger partial charge in [-0.1, -0.05) is 24.3 Å². The van der Waals surface area contributed by atoms with Crippen LogP contribution in [0.15, 0.2) is 47.4 Å². The van der Waals surface area contributed by atoms with E-state index in [1.54, 1.807) is 0 Å². The lowest BCUT2D eigenvalue weighted by atomic mass is 10.1. The Bertz CT molecular complexity index is 666. The molecule has 3 nitrogen and oxygen atoms in total. The van der Waals surface area contributed by atoms with Crippen molar-refractivity contribution >= 4 is 33.5 Å². The Balaban J connectivity index is 0.000000203. The van der Waals surface area contributed by atoms with E-state index >= 15 is 0 Å². The third-order valence-corrected chi connectivity index (χ3v) is 2.91. The first kappa shape index (κ1) is 15.8. The van der Waals surface area contributed by atoms with Crippen LogP contribution in [0.3, 0.4) is 0 Å². The van der Waals surface area contributed by atoms with Gasteiger partial charge in [-0.25, -0.2) is 8.42 Å². The molecule has 0 N–H and O–H groups in total. The summed E-state index contributed by atoms with van der Waals surface area (Å²) < 4.78 is 58.9. The van der Waals surface area contributed by atoms with Gasteiger partial charge in [0.2, 0.25) is 0 Å². The molecule has 0 aliphatic rings. The quantitative estimate of drug-likeness (QED) is 0.426. The van der Waals surface area contributed by atoms with Gasteiger partial charge in [-0.3, -0.25) is 0 Å². The van der Waals surface area contributed by atoms with E-state index in [4.69, 9.17) is 13.0 Å². The molecule has 2 rings (SSSR count). The van der Waals surface area contributed by atoms with Crippen molar-refractivity contribution in [1.82, 2.24) is 0 Å². The van der Waals surface area contributed by atoms with Crippen LogP contribution in [-0.2, 0) is 22.7 Å². The lowest BCUT2D eigenvalue weighted by molar-refractivity contribution is -0.0517. The molecular formula is C11H9F3O3S2. The molecule has 0 aromatic heterocycles. The number of fused-ring (bicyclic) bond motifs is 1. The van der Waals surface area contributed by atoms with Gasteiger partial charge < -0.3 is 4.55 Å². The zero-order chi connectivity index (χ0) is 14.7. The molecule has 0 fully saturated rings. The van der Waals surface area contributed by atoms with Crippen molar-refractivity contribution in [2.24, 2.45) is 0 Å². The average Bonchev–Trinajstić information content (AvgIpc) is 2.27. The van der Waals surface area contributed by atoms with Crippen LogP contribution in [0.2, 0.25) is 0 Å². The van der Waals surface area contributed by atoms with Crippen LogP contribution in [0, 0.1) is 0 Å². The molecule has 0 radical (unpaired) electrons. The largest absolute Gasteiger partial charge is 0.741 e. The van der Waals surface area contributed by atoms with E-state index in [0.29, 0.717) is 0 Å². The summed E-state index contributed by atoms with van der Waals surface area (Å²) in [7, 11) is -6.09. The van der Waals surface area contributed by atoms with E-state index in [2.05, 4.69) is 49.0 Å². The van der Waals surface area contributed by atoms with Gasteiger partial charge >= 0.3 is 5.51 Å². The number of halogens is 3. The number of hydrogen-bond donors (Lipinski definition) is 0. The van der Waals surface area contributed by atoms with Crippen molar-refractivity contribution < 1.29 is 26.1 Å². The predicted molar refractivity (Wildman–Crippen MR) is 68.1 cm³/mol. The molecule has 0 aliphatic carbocycles. The maximum Gasteiger partial charge on any atom is 0.485 e. The maximum absolute atomic E-state index is 10.7. The zero-order valence-corrected chi connectivity index (χ0v) is 11.1. The molecule has 0 amide bonds. The van der Waals surface area contributed by atoms with Gasteiger partial charge in [0, 0.05) is 6.07 Å². The highest BCUT2D eigenvalue weighted by molar-refractivity contribution is 7.86. The van der Waals surface area contributed by atoms with Gasteiger partial charge in [-0.15, -0.1) is 0 Å². The van der Waals surface area contributed by atoms with Crippen LogP contribution >= 0.6 is 0 Å². The van der Waals surface area contributed by atoms with Crippen LogP contribution in [0.1, 0.15) is 0 Å². The molecule has 0 unspecified atom stereocenters. The minimum absolute atomic E-state index is 1.13. The van der Waals surface area contributed by atoms with Crippen LogP contribution < -0.4 is 0 Å². The second-order valence-electron chi connectivity index (χ2n) is 3.46. The van der Waals surface area contributed by atoms with E-state index in [1.807, 2.05) is 6.07 Å². The molecule has 0 heterocycles. The summed E-state index contributed by atoms with van der Waals surface area (Å²) >= 11 is 3.48. The standard InChI is InChI=1S/C10H8S.CHF3O3S/c11-10-6-5-8-3-1-2-4-9(8)7-10;2-1(3,4)8(5,6)7/h1-7,11H;(H,5,6,7). The summed E-state index contributed by atoms with van der Waals surface area (Å²) in [4.78, 5) is 1.13. The van der Waals surface area contributed by atoms with Gasteiger partial charge in [0.05, 0.1) is 0 Å². The maximum atomic E-state index is 10.7. The summed E-state index contributed by atoms with van der Waals surface area (Å²) in [5, 5.41) is 2.56. The molecule has 2 aromatic carbocycles. The first-order valence-electron chi connectivity index (χ1n) is 4.84. The Morgan fingerprint density at radius 1 is 1.00 bits per heavy atom. The summed E-state index contributed by atoms with van der Waals surface area (Å²) in [6.07, 6.45) is 0. The normalized spacial score (nSPS) is 11.8. The Morgan fingerprint density at radius 2 is 1.47 bits per heavy atom. The number of alkyl halides is 3. The fraction of sp³-hybridized carbons (Fsp3) is 0.0909. The minimum Gasteiger partial charge on any atom is -0.741 e. The Kier molecular flexibility index (Phi) is 4.83. The third kappa shape index (κ3) is 4.73. The second kappa shape index (κ2) is 5.81. The summed E-state index contributed by atoms with van der Waals surface area (Å²) in [5.41, 5.74) is -5.65. The SMILES string of the molecule is O=S(=O)([O-])C(F)(F)F.[SH2+]c1ccc2ccccc2c1. The van der Waals surface area contributed by atoms with Crippen LogP contribution in [0.25, 0.3) is 10.8 Å². The first-order valence-corrected chi connectivity index (χ1v) is 6.74. The molecule has 0 aliphatic heterocycles. The van der Waals surface area contributed by atoms with Crippen LogP contribution in [0.5, 0.6) is 0 Å². The summed E-state index contributed by atoms with van der Waals surface area (Å²) in [6.45, 7) is 0. The fourth-order valence-electron chi connectivity index (χ4n) is 1.19. The smallest absolute Gasteiger partial charge is 0.485 e. The van der Waals surface area contributed by atoms with E-state index in [9.17, 15) is 13.2 Å². The van der Waals surface area contributed by atoms with Crippen molar-refractivity contribution in [3.63, 3.8) is 0 Å². The molecule has 0 saturated carbocycles. The van der Waals surface area contributed by atoms with Crippen molar-refractivity contribution in [1.29, 1.82) is 0 Å². The second-order valence-corrected chi connectivity index (χ2v) is 5.41. The van der Waals surface area contributed by atoms with Gasteiger partial charge in [0.15, 0.2) is 15.0 Å². The number of rotatable bonds is 0. The Morgan fingerprint density at radius 3 is 1.95 bits per heavy atom. The lowest BCUT2D eigenvalue weighted by Gasteiger charge is -2.08. The summed E-state index contributed by atoms with van der Waals surface area (Å²) in [6, 6.07) is 14.6. The highest BCUT2D eigenvalue weighted by atomic mass is 32.2. The fourth-order valence-corrected chi connectivity index (χ4v) is 1.43. The lowest BCUT2D eigenvalue weighted by Crippen LogP contribution is -2.21. The molecule has 0 spiro atoms. The topological polar surface area (TPSA) is 57.2 Å². The van der Waals surface area contributed by atoms with Gasteiger partial charge in [0.25, 0.3) is 0 Å². The molecule has 8 heteroatoms. The van der Waals surface area contributed by atoms with E-state index < -0.39 is 15.6 Å². The van der Waals surface area contributed by atoms with E-state index in [-0.39, 0.29) is 0 Å². The monoisotopic (exact) mass is 310 g/mol. The number of benzene rings is 2. The van der Waals surface area contributed by atoms with Crippen molar-refractivity contribution in [3.8, 4) is 0 Å². The van der Waals surface area contributed by atoms with Crippen LogP contribution in [-0.4, -0.2) is 18.5 Å². The highest BCUT2D eigenvalue weighted by Crippen LogP contribution is 2.20. The predicted octanol–water partition coefficient (Wildman–Crippen LogP) is 2.26. The molecule has 0 saturated heterocycles. The molecule has 0 bridgehead atoms. The van der Waals surface area contributed by atoms with Gasteiger partial charge in [0.1, 0.15) is 0 Å². The number of hydrogen-bond acceptors (Lipinski definition) is 3. The van der Waals surface area contributed by atoms with Crippen molar-refractivity contribution in [2.45, 2.75) is 10.4 Å². The highest BCUT2D eigenvalue weighted by Gasteiger charge is 2.36. The molecule has 2 aromatic rings. The van der Waals surface area contributed by atoms with Gasteiger partial charge in [-0.05, 0) is 35.5 Å². The Labute approximate surface area is 113 Å². The summed E-state index contributed by atoms with van der Waals surface area (Å²) in [5.74, 6) is 0. The Hall–Kier alpha value is -1.25. The first-order chi connectivity index (χ1) is 8.61. The van der Waals surface area contributed by atoms with Crippen molar-refractivity contribution in [2.75, 3.05) is 0 Å².